The minimum Gasteiger partial charge on any atom is -0.496 e. The largest absolute Gasteiger partial charge is 0.496 e. The predicted octanol–water partition coefficient (Wildman–Crippen LogP) is 1.68. The molecule has 1 unspecified atom stereocenters. The highest BCUT2D eigenvalue weighted by Gasteiger charge is 2.44. The standard InChI is InChI=1S/C18H26N2O3/c1-20(12-13-7-10-23-11-8-13)17(21)18(19)9-6-14-15(18)4-3-5-16(14)22-2/h3-5,13H,6-12,19H2,1-2H3. The summed E-state index contributed by atoms with van der Waals surface area (Å²) in [6.07, 6.45) is 3.45. The Morgan fingerprint density at radius 1 is 1.43 bits per heavy atom. The van der Waals surface area contributed by atoms with E-state index in [0.717, 1.165) is 55.9 Å². The lowest BCUT2D eigenvalue weighted by atomic mass is 9.90. The number of nitrogens with two attached hydrogens (primary N) is 1. The predicted molar refractivity (Wildman–Crippen MR) is 88.4 cm³/mol. The quantitative estimate of drug-likeness (QED) is 0.917. The second-order valence-electron chi connectivity index (χ2n) is 6.70. The summed E-state index contributed by atoms with van der Waals surface area (Å²) in [7, 11) is 3.52. The van der Waals surface area contributed by atoms with Gasteiger partial charge in [-0.2, -0.15) is 0 Å². The molecule has 5 nitrogen and oxygen atoms in total. The van der Waals surface area contributed by atoms with E-state index < -0.39 is 5.54 Å². The van der Waals surface area contributed by atoms with Crippen LogP contribution in [0.25, 0.3) is 0 Å². The first-order valence-corrected chi connectivity index (χ1v) is 8.35. The molecule has 0 aromatic heterocycles. The maximum Gasteiger partial charge on any atom is 0.247 e. The van der Waals surface area contributed by atoms with Crippen molar-refractivity contribution >= 4 is 5.91 Å². The monoisotopic (exact) mass is 318 g/mol. The zero-order valence-electron chi connectivity index (χ0n) is 14.0. The lowest BCUT2D eigenvalue weighted by Crippen LogP contribution is -2.51. The van der Waals surface area contributed by atoms with Gasteiger partial charge in [0.1, 0.15) is 11.3 Å². The Bertz CT molecular complexity index is 584. The number of nitrogens with zero attached hydrogens (tertiary/aromatic N) is 1. The molecule has 1 fully saturated rings. The molecule has 1 amide bonds. The average Bonchev–Trinajstić information content (AvgIpc) is 2.93. The molecule has 1 heterocycles. The summed E-state index contributed by atoms with van der Waals surface area (Å²) in [4.78, 5) is 14.8. The summed E-state index contributed by atoms with van der Waals surface area (Å²) in [5, 5.41) is 0. The zero-order chi connectivity index (χ0) is 16.4. The molecular formula is C18H26N2O3. The van der Waals surface area contributed by atoms with Crippen molar-refractivity contribution in [1.82, 2.24) is 4.90 Å². The molecule has 1 aliphatic carbocycles. The molecule has 1 aliphatic heterocycles. The van der Waals surface area contributed by atoms with Crippen LogP contribution in [0, 0.1) is 5.92 Å². The Morgan fingerprint density at radius 2 is 2.17 bits per heavy atom. The molecule has 3 rings (SSSR count). The van der Waals surface area contributed by atoms with Crippen molar-refractivity contribution in [2.75, 3.05) is 33.9 Å². The molecule has 2 N–H and O–H groups in total. The van der Waals surface area contributed by atoms with Crippen LogP contribution in [0.2, 0.25) is 0 Å². The van der Waals surface area contributed by atoms with E-state index in [4.69, 9.17) is 15.2 Å². The topological polar surface area (TPSA) is 64.8 Å². The number of likely N-dealkylation sites (N-methyl/N-ethyl adjacent to an activating group) is 1. The maximum absolute atomic E-state index is 13.0. The number of fused-ring (bicyclic) bond motifs is 1. The van der Waals surface area contributed by atoms with E-state index in [1.54, 1.807) is 7.11 Å². The number of hydrogen-bond donors (Lipinski definition) is 1. The van der Waals surface area contributed by atoms with E-state index in [-0.39, 0.29) is 5.91 Å². The highest BCUT2D eigenvalue weighted by Crippen LogP contribution is 2.40. The van der Waals surface area contributed by atoms with Gasteiger partial charge in [-0.3, -0.25) is 4.79 Å². The van der Waals surface area contributed by atoms with Crippen molar-refractivity contribution in [3.8, 4) is 5.75 Å². The van der Waals surface area contributed by atoms with Crippen molar-refractivity contribution in [3.63, 3.8) is 0 Å². The van der Waals surface area contributed by atoms with Gasteiger partial charge in [-0.05, 0) is 48.8 Å². The highest BCUT2D eigenvalue weighted by molar-refractivity contribution is 5.89. The molecule has 0 spiro atoms. The Morgan fingerprint density at radius 3 is 2.87 bits per heavy atom. The molecule has 1 aromatic carbocycles. The van der Waals surface area contributed by atoms with Crippen molar-refractivity contribution in [1.29, 1.82) is 0 Å². The number of amides is 1. The van der Waals surface area contributed by atoms with Crippen LogP contribution in [0.15, 0.2) is 18.2 Å². The van der Waals surface area contributed by atoms with Crippen LogP contribution in [-0.4, -0.2) is 44.7 Å². The molecule has 1 atom stereocenters. The van der Waals surface area contributed by atoms with Crippen LogP contribution in [-0.2, 0) is 21.5 Å². The van der Waals surface area contributed by atoms with Gasteiger partial charge in [0, 0.05) is 26.8 Å². The zero-order valence-corrected chi connectivity index (χ0v) is 14.0. The van der Waals surface area contributed by atoms with Crippen LogP contribution in [0.4, 0.5) is 0 Å². The third-order valence-electron chi connectivity index (χ3n) is 5.20. The molecule has 1 aromatic rings. The SMILES string of the molecule is COc1cccc2c1CCC2(N)C(=O)N(C)CC1CCOCC1. The lowest BCUT2D eigenvalue weighted by Gasteiger charge is -2.33. The summed E-state index contributed by atoms with van der Waals surface area (Å²) in [6, 6.07) is 5.81. The van der Waals surface area contributed by atoms with Gasteiger partial charge in [-0.1, -0.05) is 12.1 Å². The second kappa shape index (κ2) is 6.49. The minimum absolute atomic E-state index is 0.0102. The van der Waals surface area contributed by atoms with Crippen LogP contribution in [0.1, 0.15) is 30.4 Å². The van der Waals surface area contributed by atoms with Gasteiger partial charge in [-0.15, -0.1) is 0 Å². The highest BCUT2D eigenvalue weighted by atomic mass is 16.5. The van der Waals surface area contributed by atoms with E-state index in [1.807, 2.05) is 30.1 Å². The van der Waals surface area contributed by atoms with E-state index in [1.165, 1.54) is 0 Å². The van der Waals surface area contributed by atoms with Crippen molar-refractivity contribution < 1.29 is 14.3 Å². The fraction of sp³-hybridized carbons (Fsp3) is 0.611. The normalized spacial score (nSPS) is 24.3. The summed E-state index contributed by atoms with van der Waals surface area (Å²) < 4.78 is 10.8. The van der Waals surface area contributed by atoms with E-state index >= 15 is 0 Å². The summed E-state index contributed by atoms with van der Waals surface area (Å²) >= 11 is 0. The number of methoxy groups -OCH3 is 1. The molecule has 126 valence electrons. The number of hydrogen-bond acceptors (Lipinski definition) is 4. The maximum atomic E-state index is 13.0. The third kappa shape index (κ3) is 2.95. The van der Waals surface area contributed by atoms with Crippen molar-refractivity contribution in [2.24, 2.45) is 11.7 Å². The average molecular weight is 318 g/mol. The van der Waals surface area contributed by atoms with Gasteiger partial charge in [0.15, 0.2) is 0 Å². The number of carbonyl (C=O) groups excluding carboxylic acids is 1. The van der Waals surface area contributed by atoms with Gasteiger partial charge in [0.2, 0.25) is 5.91 Å². The lowest BCUT2D eigenvalue weighted by molar-refractivity contribution is -0.137. The Hall–Kier alpha value is -1.59. The van der Waals surface area contributed by atoms with Gasteiger partial charge in [0.05, 0.1) is 7.11 Å². The number of carbonyl (C=O) groups is 1. The molecule has 0 saturated carbocycles. The van der Waals surface area contributed by atoms with Gasteiger partial charge >= 0.3 is 0 Å². The Kier molecular flexibility index (Phi) is 4.60. The fourth-order valence-electron chi connectivity index (χ4n) is 3.85. The summed E-state index contributed by atoms with van der Waals surface area (Å²) in [6.45, 7) is 2.33. The van der Waals surface area contributed by atoms with Crippen LogP contribution in [0.5, 0.6) is 5.75 Å². The summed E-state index contributed by atoms with van der Waals surface area (Å²) in [5.74, 6) is 1.35. The Balaban J connectivity index is 1.77. The third-order valence-corrected chi connectivity index (χ3v) is 5.20. The molecule has 1 saturated heterocycles. The molecule has 5 heteroatoms. The van der Waals surface area contributed by atoms with Crippen LogP contribution < -0.4 is 10.5 Å². The molecule has 2 aliphatic rings. The minimum atomic E-state index is -0.927. The van der Waals surface area contributed by atoms with Crippen LogP contribution in [0.3, 0.4) is 0 Å². The van der Waals surface area contributed by atoms with Gasteiger partial charge in [0.25, 0.3) is 0 Å². The number of ether oxygens (including phenoxy) is 2. The van der Waals surface area contributed by atoms with E-state index in [2.05, 4.69) is 0 Å². The van der Waals surface area contributed by atoms with E-state index in [0.29, 0.717) is 12.3 Å². The second-order valence-corrected chi connectivity index (χ2v) is 6.70. The Labute approximate surface area is 137 Å². The molecule has 0 radical (unpaired) electrons. The fourth-order valence-corrected chi connectivity index (χ4v) is 3.85. The first-order valence-electron chi connectivity index (χ1n) is 8.35. The van der Waals surface area contributed by atoms with Crippen LogP contribution >= 0.6 is 0 Å². The molecule has 23 heavy (non-hydrogen) atoms. The summed E-state index contributed by atoms with van der Waals surface area (Å²) in [5.41, 5.74) is 7.64. The first-order chi connectivity index (χ1) is 11.1. The van der Waals surface area contributed by atoms with Crippen molar-refractivity contribution in [3.05, 3.63) is 29.3 Å². The van der Waals surface area contributed by atoms with Gasteiger partial charge in [-0.25, -0.2) is 0 Å². The van der Waals surface area contributed by atoms with E-state index in [9.17, 15) is 4.79 Å². The number of benzene rings is 1. The first kappa shape index (κ1) is 16.3. The van der Waals surface area contributed by atoms with Crippen molar-refractivity contribution in [2.45, 2.75) is 31.2 Å². The van der Waals surface area contributed by atoms with Gasteiger partial charge < -0.3 is 20.1 Å². The number of rotatable bonds is 4. The smallest absolute Gasteiger partial charge is 0.247 e. The molecular weight excluding hydrogens is 292 g/mol. The molecule has 0 bridgehead atoms.